The molecule has 0 bridgehead atoms. The highest BCUT2D eigenvalue weighted by molar-refractivity contribution is 7.09. The molecule has 1 unspecified atom stereocenters. The molecule has 1 heterocycles. The van der Waals surface area contributed by atoms with E-state index < -0.39 is 0 Å². The zero-order valence-electron chi connectivity index (χ0n) is 5.78. The summed E-state index contributed by atoms with van der Waals surface area (Å²) in [7, 11) is 1.63. The van der Waals surface area contributed by atoms with Crippen molar-refractivity contribution in [3.63, 3.8) is 0 Å². The summed E-state index contributed by atoms with van der Waals surface area (Å²) in [6.45, 7) is 0.535. The van der Waals surface area contributed by atoms with Crippen molar-refractivity contribution in [1.29, 1.82) is 0 Å². The second-order valence-corrected chi connectivity index (χ2v) is 2.86. The van der Waals surface area contributed by atoms with Gasteiger partial charge in [0.15, 0.2) is 0 Å². The molecule has 1 aromatic rings. The highest BCUT2D eigenvalue weighted by Crippen LogP contribution is 2.12. The van der Waals surface area contributed by atoms with Crippen LogP contribution in [0.25, 0.3) is 0 Å². The Labute approximate surface area is 63.8 Å². The molecule has 4 heteroatoms. The fourth-order valence-electron chi connectivity index (χ4n) is 0.668. The molecular weight excluding hydrogens is 148 g/mol. The van der Waals surface area contributed by atoms with Crippen molar-refractivity contribution < 1.29 is 4.74 Å². The first kappa shape index (κ1) is 7.65. The van der Waals surface area contributed by atoms with Gasteiger partial charge < -0.3 is 10.5 Å². The molecular formula is C6H10N2OS. The summed E-state index contributed by atoms with van der Waals surface area (Å²) in [5.74, 6) is 0. The van der Waals surface area contributed by atoms with Gasteiger partial charge >= 0.3 is 0 Å². The van der Waals surface area contributed by atoms with Crippen molar-refractivity contribution in [2.75, 3.05) is 13.7 Å². The number of thiazole rings is 1. The molecule has 0 aliphatic rings. The largest absolute Gasteiger partial charge is 0.383 e. The van der Waals surface area contributed by atoms with Gasteiger partial charge in [0, 0.05) is 18.7 Å². The van der Waals surface area contributed by atoms with E-state index >= 15 is 0 Å². The smallest absolute Gasteiger partial charge is 0.112 e. The number of nitrogens with two attached hydrogens (primary N) is 1. The summed E-state index contributed by atoms with van der Waals surface area (Å²) < 4.78 is 4.87. The van der Waals surface area contributed by atoms with Gasteiger partial charge in [-0.1, -0.05) is 0 Å². The second kappa shape index (κ2) is 3.65. The maximum Gasteiger partial charge on any atom is 0.112 e. The Morgan fingerprint density at radius 3 is 3.20 bits per heavy atom. The topological polar surface area (TPSA) is 48.1 Å². The fraction of sp³-hybridized carbons (Fsp3) is 0.500. The molecule has 0 fully saturated rings. The highest BCUT2D eigenvalue weighted by Gasteiger charge is 2.06. The van der Waals surface area contributed by atoms with Crippen molar-refractivity contribution in [3.8, 4) is 0 Å². The van der Waals surface area contributed by atoms with Crippen LogP contribution in [0.5, 0.6) is 0 Å². The lowest BCUT2D eigenvalue weighted by Crippen LogP contribution is -2.15. The molecule has 56 valence electrons. The maximum absolute atomic E-state index is 5.67. The van der Waals surface area contributed by atoms with E-state index in [1.807, 2.05) is 5.38 Å². The molecule has 0 spiro atoms. The van der Waals surface area contributed by atoms with Gasteiger partial charge in [-0.05, 0) is 0 Å². The molecule has 0 radical (unpaired) electrons. The third kappa shape index (κ3) is 1.76. The Kier molecular flexibility index (Phi) is 2.80. The molecule has 10 heavy (non-hydrogen) atoms. The Bertz CT molecular complexity index is 176. The third-order valence-corrected chi connectivity index (χ3v) is 2.02. The van der Waals surface area contributed by atoms with Gasteiger partial charge in [-0.15, -0.1) is 11.3 Å². The summed E-state index contributed by atoms with van der Waals surface area (Å²) in [5, 5.41) is 2.84. The third-order valence-electron chi connectivity index (χ3n) is 1.11. The number of ether oxygens (including phenoxy) is 1. The van der Waals surface area contributed by atoms with Crippen LogP contribution in [0.3, 0.4) is 0 Å². The molecule has 0 aliphatic carbocycles. The summed E-state index contributed by atoms with van der Waals surface area (Å²) in [4.78, 5) is 4.05. The Hall–Kier alpha value is -0.450. The van der Waals surface area contributed by atoms with Crippen LogP contribution in [0.4, 0.5) is 0 Å². The minimum atomic E-state index is -0.0648. The van der Waals surface area contributed by atoms with Crippen molar-refractivity contribution in [2.45, 2.75) is 6.04 Å². The van der Waals surface area contributed by atoms with Crippen LogP contribution in [0.15, 0.2) is 11.6 Å². The van der Waals surface area contributed by atoms with Crippen LogP contribution in [-0.4, -0.2) is 18.7 Å². The minimum Gasteiger partial charge on any atom is -0.383 e. The van der Waals surface area contributed by atoms with Crippen molar-refractivity contribution in [2.24, 2.45) is 5.73 Å². The zero-order valence-corrected chi connectivity index (χ0v) is 6.60. The Morgan fingerprint density at radius 2 is 2.70 bits per heavy atom. The van der Waals surface area contributed by atoms with E-state index in [9.17, 15) is 0 Å². The van der Waals surface area contributed by atoms with Crippen LogP contribution in [0, 0.1) is 0 Å². The molecule has 1 atom stereocenters. The second-order valence-electron chi connectivity index (χ2n) is 1.93. The first-order valence-corrected chi connectivity index (χ1v) is 3.86. The van der Waals surface area contributed by atoms with Crippen LogP contribution in [-0.2, 0) is 4.74 Å². The van der Waals surface area contributed by atoms with Crippen LogP contribution >= 0.6 is 11.3 Å². The van der Waals surface area contributed by atoms with Gasteiger partial charge in [-0.25, -0.2) is 4.98 Å². The van der Waals surface area contributed by atoms with Gasteiger partial charge in [0.05, 0.1) is 12.6 Å². The molecule has 1 aromatic heterocycles. The van der Waals surface area contributed by atoms with E-state index in [4.69, 9.17) is 10.5 Å². The monoisotopic (exact) mass is 158 g/mol. The van der Waals surface area contributed by atoms with Crippen molar-refractivity contribution in [1.82, 2.24) is 4.98 Å². The van der Waals surface area contributed by atoms with Gasteiger partial charge in [0.2, 0.25) is 0 Å². The number of nitrogens with zero attached hydrogens (tertiary/aromatic N) is 1. The lowest BCUT2D eigenvalue weighted by molar-refractivity contribution is 0.181. The van der Waals surface area contributed by atoms with Gasteiger partial charge in [0.25, 0.3) is 0 Å². The van der Waals surface area contributed by atoms with Crippen molar-refractivity contribution >= 4 is 11.3 Å². The quantitative estimate of drug-likeness (QED) is 0.707. The van der Waals surface area contributed by atoms with E-state index in [1.54, 1.807) is 24.6 Å². The lowest BCUT2D eigenvalue weighted by atomic mass is 10.4. The summed E-state index contributed by atoms with van der Waals surface area (Å²) in [5.41, 5.74) is 5.67. The Morgan fingerprint density at radius 1 is 1.90 bits per heavy atom. The molecule has 0 amide bonds. The van der Waals surface area contributed by atoms with E-state index in [0.29, 0.717) is 6.61 Å². The van der Waals surface area contributed by atoms with Crippen LogP contribution < -0.4 is 5.73 Å². The number of hydrogen-bond donors (Lipinski definition) is 1. The SMILES string of the molecule is COCC(N)c1nccs1. The molecule has 2 N–H and O–H groups in total. The molecule has 3 nitrogen and oxygen atoms in total. The predicted octanol–water partition coefficient (Wildman–Crippen LogP) is 0.789. The van der Waals surface area contributed by atoms with E-state index in [-0.39, 0.29) is 6.04 Å². The van der Waals surface area contributed by atoms with Crippen LogP contribution in [0.1, 0.15) is 11.0 Å². The summed E-state index contributed by atoms with van der Waals surface area (Å²) in [6, 6.07) is -0.0648. The van der Waals surface area contributed by atoms with Gasteiger partial charge in [0.1, 0.15) is 5.01 Å². The lowest BCUT2D eigenvalue weighted by Gasteiger charge is -2.04. The predicted molar refractivity (Wildman–Crippen MR) is 40.9 cm³/mol. The zero-order chi connectivity index (χ0) is 7.40. The standard InChI is InChI=1S/C6H10N2OS/c1-9-4-5(7)6-8-2-3-10-6/h2-3,5H,4,7H2,1H3. The van der Waals surface area contributed by atoms with Crippen molar-refractivity contribution in [3.05, 3.63) is 16.6 Å². The first-order chi connectivity index (χ1) is 4.84. The normalized spacial score (nSPS) is 13.4. The molecule has 0 aliphatic heterocycles. The van der Waals surface area contributed by atoms with E-state index in [0.717, 1.165) is 5.01 Å². The maximum atomic E-state index is 5.67. The fourth-order valence-corrected chi connectivity index (χ4v) is 1.29. The molecule has 0 saturated carbocycles. The van der Waals surface area contributed by atoms with Gasteiger partial charge in [-0.3, -0.25) is 0 Å². The average molecular weight is 158 g/mol. The molecule has 0 saturated heterocycles. The Balaban J connectivity index is 2.50. The number of hydrogen-bond acceptors (Lipinski definition) is 4. The first-order valence-electron chi connectivity index (χ1n) is 2.98. The number of methoxy groups -OCH3 is 1. The van der Waals surface area contributed by atoms with E-state index in [1.165, 1.54) is 0 Å². The number of aromatic nitrogens is 1. The number of rotatable bonds is 3. The summed E-state index contributed by atoms with van der Waals surface area (Å²) in [6.07, 6.45) is 1.75. The average Bonchev–Trinajstić information content (AvgIpc) is 2.38. The molecule has 1 rings (SSSR count). The van der Waals surface area contributed by atoms with E-state index in [2.05, 4.69) is 4.98 Å². The van der Waals surface area contributed by atoms with Crippen LogP contribution in [0.2, 0.25) is 0 Å². The summed E-state index contributed by atoms with van der Waals surface area (Å²) >= 11 is 1.55. The highest BCUT2D eigenvalue weighted by atomic mass is 32.1. The van der Waals surface area contributed by atoms with Gasteiger partial charge in [-0.2, -0.15) is 0 Å². The minimum absolute atomic E-state index is 0.0648. The molecule has 0 aromatic carbocycles.